The van der Waals surface area contributed by atoms with Crippen molar-refractivity contribution in [2.45, 2.75) is 24.6 Å². The van der Waals surface area contributed by atoms with Gasteiger partial charge in [0.15, 0.2) is 0 Å². The molecule has 0 aliphatic carbocycles. The molecule has 1 heterocycles. The van der Waals surface area contributed by atoms with Crippen LogP contribution in [0.1, 0.15) is 18.4 Å². The highest BCUT2D eigenvalue weighted by Crippen LogP contribution is 2.19. The van der Waals surface area contributed by atoms with Gasteiger partial charge in [-0.2, -0.15) is 4.68 Å². The van der Waals surface area contributed by atoms with Gasteiger partial charge in [0.25, 0.3) is 0 Å². The summed E-state index contributed by atoms with van der Waals surface area (Å²) in [6, 6.07) is 20.2. The number of benzene rings is 2. The van der Waals surface area contributed by atoms with Crippen molar-refractivity contribution in [3.8, 4) is 5.69 Å². The van der Waals surface area contributed by atoms with Gasteiger partial charge in [-0.05, 0) is 41.0 Å². The number of para-hydroxylation sites is 1. The van der Waals surface area contributed by atoms with Crippen LogP contribution in [0.15, 0.2) is 65.8 Å². The fourth-order valence-electron chi connectivity index (χ4n) is 2.23. The average molecular weight is 340 g/mol. The Morgan fingerprint density at radius 1 is 0.917 bits per heavy atom. The maximum absolute atomic E-state index is 5.70. The molecule has 6 heteroatoms. The van der Waals surface area contributed by atoms with Crippen LogP contribution in [0.2, 0.25) is 0 Å². The quantitative estimate of drug-likeness (QED) is 0.438. The number of nitrogens with zero attached hydrogens (tertiary/aromatic N) is 4. The van der Waals surface area contributed by atoms with E-state index >= 15 is 0 Å². The van der Waals surface area contributed by atoms with Gasteiger partial charge in [-0.25, -0.2) is 0 Å². The molecule has 0 spiro atoms. The van der Waals surface area contributed by atoms with E-state index in [2.05, 4.69) is 27.7 Å². The second-order valence-electron chi connectivity index (χ2n) is 5.30. The lowest BCUT2D eigenvalue weighted by atomic mass is 10.2. The van der Waals surface area contributed by atoms with E-state index in [1.165, 1.54) is 5.56 Å². The summed E-state index contributed by atoms with van der Waals surface area (Å²) >= 11 is 1.67. The predicted octanol–water partition coefficient (Wildman–Crippen LogP) is 3.75. The van der Waals surface area contributed by atoms with Crippen molar-refractivity contribution >= 4 is 11.8 Å². The summed E-state index contributed by atoms with van der Waals surface area (Å²) < 4.78 is 7.47. The summed E-state index contributed by atoms with van der Waals surface area (Å²) in [5.74, 6) is 0.974. The molecule has 0 fully saturated rings. The lowest BCUT2D eigenvalue weighted by Crippen LogP contribution is -1.99. The predicted molar refractivity (Wildman–Crippen MR) is 95.2 cm³/mol. The standard InChI is InChI=1S/C18H20N4OS/c1-3-9-16(10-4-1)15-23-13-7-8-14-24-18-19-20-21-22(18)17-11-5-2-6-12-17/h1-6,9-12H,7-8,13-15H2. The molecular weight excluding hydrogens is 320 g/mol. The zero-order chi connectivity index (χ0) is 16.5. The first-order valence-electron chi connectivity index (χ1n) is 8.02. The SMILES string of the molecule is c1ccc(COCCCCSc2nnnn2-c2ccccc2)cc1. The minimum absolute atomic E-state index is 0.681. The van der Waals surface area contributed by atoms with Gasteiger partial charge in [-0.1, -0.05) is 60.3 Å². The van der Waals surface area contributed by atoms with Gasteiger partial charge in [-0.15, -0.1) is 5.10 Å². The summed E-state index contributed by atoms with van der Waals surface area (Å²) in [6.45, 7) is 1.46. The van der Waals surface area contributed by atoms with E-state index in [1.54, 1.807) is 16.4 Å². The Balaban J connectivity index is 1.35. The van der Waals surface area contributed by atoms with Gasteiger partial charge in [0.05, 0.1) is 12.3 Å². The Hall–Kier alpha value is -2.18. The van der Waals surface area contributed by atoms with Crippen LogP contribution < -0.4 is 0 Å². The van der Waals surface area contributed by atoms with Crippen molar-refractivity contribution < 1.29 is 4.74 Å². The molecule has 0 N–H and O–H groups in total. The molecule has 0 radical (unpaired) electrons. The highest BCUT2D eigenvalue weighted by molar-refractivity contribution is 7.99. The third-order valence-electron chi connectivity index (χ3n) is 3.47. The molecule has 3 rings (SSSR count). The van der Waals surface area contributed by atoms with E-state index in [9.17, 15) is 0 Å². The third kappa shape index (κ3) is 4.91. The first-order chi connectivity index (χ1) is 11.9. The van der Waals surface area contributed by atoms with Crippen LogP contribution in [0.3, 0.4) is 0 Å². The molecule has 0 bridgehead atoms. The van der Waals surface area contributed by atoms with Crippen LogP contribution in [0.25, 0.3) is 5.69 Å². The number of hydrogen-bond donors (Lipinski definition) is 0. The van der Waals surface area contributed by atoms with Crippen molar-refractivity contribution in [2.24, 2.45) is 0 Å². The van der Waals surface area contributed by atoms with Gasteiger partial charge in [0.1, 0.15) is 0 Å². The van der Waals surface area contributed by atoms with E-state index in [0.29, 0.717) is 6.61 Å². The van der Waals surface area contributed by atoms with Gasteiger partial charge >= 0.3 is 0 Å². The summed E-state index contributed by atoms with van der Waals surface area (Å²) in [4.78, 5) is 0. The second-order valence-corrected chi connectivity index (χ2v) is 6.36. The van der Waals surface area contributed by atoms with Crippen molar-refractivity contribution in [3.63, 3.8) is 0 Å². The van der Waals surface area contributed by atoms with Crippen LogP contribution in [-0.4, -0.2) is 32.6 Å². The second kappa shape index (κ2) is 9.20. The minimum Gasteiger partial charge on any atom is -0.377 e. The lowest BCUT2D eigenvalue weighted by Gasteiger charge is -2.05. The molecule has 24 heavy (non-hydrogen) atoms. The number of ether oxygens (including phenoxy) is 1. The Bertz CT molecular complexity index is 718. The van der Waals surface area contributed by atoms with Crippen molar-refractivity contribution in [2.75, 3.05) is 12.4 Å². The summed E-state index contributed by atoms with van der Waals surface area (Å²) in [7, 11) is 0. The lowest BCUT2D eigenvalue weighted by molar-refractivity contribution is 0.118. The largest absolute Gasteiger partial charge is 0.377 e. The molecule has 5 nitrogen and oxygen atoms in total. The first kappa shape index (κ1) is 16.7. The number of aromatic nitrogens is 4. The summed E-state index contributed by atoms with van der Waals surface area (Å²) in [5.41, 5.74) is 2.20. The van der Waals surface area contributed by atoms with Crippen LogP contribution in [0.4, 0.5) is 0 Å². The van der Waals surface area contributed by atoms with Crippen LogP contribution >= 0.6 is 11.8 Å². The highest BCUT2D eigenvalue weighted by atomic mass is 32.2. The molecule has 0 amide bonds. The summed E-state index contributed by atoms with van der Waals surface area (Å²) in [6.07, 6.45) is 2.11. The molecule has 0 aliphatic heterocycles. The van der Waals surface area contributed by atoms with Crippen LogP contribution in [-0.2, 0) is 11.3 Å². The minimum atomic E-state index is 0.681. The zero-order valence-electron chi connectivity index (χ0n) is 13.4. The fraction of sp³-hybridized carbons (Fsp3) is 0.278. The van der Waals surface area contributed by atoms with E-state index in [1.807, 2.05) is 48.5 Å². The van der Waals surface area contributed by atoms with Crippen molar-refractivity contribution in [3.05, 3.63) is 66.2 Å². The zero-order valence-corrected chi connectivity index (χ0v) is 14.2. The highest BCUT2D eigenvalue weighted by Gasteiger charge is 2.07. The maximum Gasteiger partial charge on any atom is 0.214 e. The molecule has 0 saturated heterocycles. The van der Waals surface area contributed by atoms with Crippen molar-refractivity contribution in [1.29, 1.82) is 0 Å². The van der Waals surface area contributed by atoms with E-state index in [4.69, 9.17) is 4.74 Å². The van der Waals surface area contributed by atoms with E-state index in [0.717, 1.165) is 36.0 Å². The van der Waals surface area contributed by atoms with Crippen LogP contribution in [0, 0.1) is 0 Å². The normalized spacial score (nSPS) is 10.8. The van der Waals surface area contributed by atoms with Gasteiger partial charge in [0.2, 0.25) is 5.16 Å². The van der Waals surface area contributed by atoms with Crippen LogP contribution in [0.5, 0.6) is 0 Å². The smallest absolute Gasteiger partial charge is 0.214 e. The van der Waals surface area contributed by atoms with Gasteiger partial charge in [-0.3, -0.25) is 0 Å². The van der Waals surface area contributed by atoms with E-state index < -0.39 is 0 Å². The number of unbranched alkanes of at least 4 members (excludes halogenated alkanes) is 1. The Morgan fingerprint density at radius 3 is 2.46 bits per heavy atom. The molecule has 0 atom stereocenters. The van der Waals surface area contributed by atoms with Gasteiger partial charge < -0.3 is 4.74 Å². The Labute approximate surface area is 146 Å². The molecule has 3 aromatic rings. The summed E-state index contributed by atoms with van der Waals surface area (Å²) in [5, 5.41) is 12.8. The molecule has 0 saturated carbocycles. The molecular formula is C18H20N4OS. The number of rotatable bonds is 9. The third-order valence-corrected chi connectivity index (χ3v) is 4.47. The Morgan fingerprint density at radius 2 is 1.67 bits per heavy atom. The molecule has 1 aromatic heterocycles. The van der Waals surface area contributed by atoms with E-state index in [-0.39, 0.29) is 0 Å². The average Bonchev–Trinajstić information content (AvgIpc) is 3.11. The topological polar surface area (TPSA) is 52.8 Å². The van der Waals surface area contributed by atoms with Crippen molar-refractivity contribution in [1.82, 2.24) is 20.2 Å². The molecule has 2 aromatic carbocycles. The molecule has 0 aliphatic rings. The Kier molecular flexibility index (Phi) is 6.39. The number of thioether (sulfide) groups is 1. The van der Waals surface area contributed by atoms with Gasteiger partial charge in [0, 0.05) is 12.4 Å². The monoisotopic (exact) mass is 340 g/mol. The molecule has 0 unspecified atom stereocenters. The molecule has 124 valence electrons. The maximum atomic E-state index is 5.70. The number of tetrazole rings is 1. The fourth-order valence-corrected chi connectivity index (χ4v) is 3.12. The number of hydrogen-bond acceptors (Lipinski definition) is 5. The first-order valence-corrected chi connectivity index (χ1v) is 9.00.